The molecule has 2 rings (SSSR count). The molecule has 3 nitrogen and oxygen atoms in total. The quantitative estimate of drug-likeness (QED) is 0.591. The lowest BCUT2D eigenvalue weighted by molar-refractivity contribution is 0.388. The lowest BCUT2D eigenvalue weighted by atomic mass is 9.87. The summed E-state index contributed by atoms with van der Waals surface area (Å²) in [6.07, 6.45) is 5.26. The van der Waals surface area contributed by atoms with Crippen molar-refractivity contribution in [3.8, 4) is 11.5 Å². The number of fused-ring (bicyclic) bond motifs is 1. The van der Waals surface area contributed by atoms with Crippen LogP contribution in [-0.4, -0.2) is 22.8 Å². The van der Waals surface area contributed by atoms with Gasteiger partial charge < -0.3 is 15.5 Å². The van der Waals surface area contributed by atoms with E-state index in [1.165, 1.54) is 18.4 Å². The number of halogens is 1. The first-order valence-corrected chi connectivity index (χ1v) is 6.48. The average Bonchev–Trinajstić information content (AvgIpc) is 2.34. The minimum atomic E-state index is 0. The van der Waals surface area contributed by atoms with E-state index in [-0.39, 0.29) is 28.5 Å². The van der Waals surface area contributed by atoms with E-state index in [0.717, 1.165) is 31.4 Å². The fraction of sp³-hybridized carbons (Fsp3) is 0.571. The maximum Gasteiger partial charge on any atom is 0.160 e. The van der Waals surface area contributed by atoms with Gasteiger partial charge in [0.05, 0.1) is 0 Å². The molecule has 0 aliphatic heterocycles. The van der Waals surface area contributed by atoms with Gasteiger partial charge in [0.1, 0.15) is 0 Å². The van der Waals surface area contributed by atoms with Crippen molar-refractivity contribution in [2.24, 2.45) is 0 Å². The van der Waals surface area contributed by atoms with Gasteiger partial charge in [0.25, 0.3) is 0 Å². The van der Waals surface area contributed by atoms with Gasteiger partial charge in [-0.05, 0) is 43.9 Å². The van der Waals surface area contributed by atoms with Gasteiger partial charge in [0.2, 0.25) is 0 Å². The highest BCUT2D eigenvalue weighted by Gasteiger charge is 2.21. The molecule has 1 aliphatic carbocycles. The number of phenolic OH excluding ortho intramolecular Hbond substituents is 2. The first kappa shape index (κ1) is 15.3. The molecule has 18 heavy (non-hydrogen) atoms. The van der Waals surface area contributed by atoms with Crippen molar-refractivity contribution in [1.82, 2.24) is 5.32 Å². The summed E-state index contributed by atoms with van der Waals surface area (Å²) in [5.41, 5.74) is 2.10. The summed E-state index contributed by atoms with van der Waals surface area (Å²) in [5.74, 6) is 0.0793. The molecule has 1 aromatic carbocycles. The molecular weight excluding hydrogens is 294 g/mol. The largest absolute Gasteiger partial charge is 0.504 e. The molecule has 4 heteroatoms. The van der Waals surface area contributed by atoms with E-state index < -0.39 is 0 Å². The SMILES string of the molecule is Br.CCCCNC1CCc2c(ccc(O)c2O)C1. The summed E-state index contributed by atoms with van der Waals surface area (Å²) in [6, 6.07) is 4.03. The molecule has 0 heterocycles. The number of rotatable bonds is 4. The number of nitrogens with one attached hydrogen (secondary N) is 1. The van der Waals surface area contributed by atoms with Gasteiger partial charge in [-0.1, -0.05) is 19.4 Å². The van der Waals surface area contributed by atoms with E-state index >= 15 is 0 Å². The van der Waals surface area contributed by atoms with E-state index in [0.29, 0.717) is 6.04 Å². The van der Waals surface area contributed by atoms with Crippen molar-refractivity contribution >= 4 is 17.0 Å². The Labute approximate surface area is 119 Å². The second-order valence-electron chi connectivity index (χ2n) is 4.82. The number of hydrogen-bond donors (Lipinski definition) is 3. The Morgan fingerprint density at radius 3 is 2.83 bits per heavy atom. The smallest absolute Gasteiger partial charge is 0.160 e. The van der Waals surface area contributed by atoms with Gasteiger partial charge in [-0.3, -0.25) is 0 Å². The zero-order chi connectivity index (χ0) is 12.3. The van der Waals surface area contributed by atoms with Crippen LogP contribution in [0, 0.1) is 0 Å². The Morgan fingerprint density at radius 2 is 2.11 bits per heavy atom. The molecule has 0 fully saturated rings. The average molecular weight is 316 g/mol. The molecular formula is C14H22BrNO2. The van der Waals surface area contributed by atoms with Gasteiger partial charge >= 0.3 is 0 Å². The zero-order valence-corrected chi connectivity index (χ0v) is 12.5. The molecule has 3 N–H and O–H groups in total. The molecule has 1 aliphatic rings. The molecule has 1 atom stereocenters. The van der Waals surface area contributed by atoms with Crippen LogP contribution in [0.5, 0.6) is 11.5 Å². The third-order valence-electron chi connectivity index (χ3n) is 3.53. The molecule has 0 bridgehead atoms. The molecule has 0 radical (unpaired) electrons. The predicted octanol–water partition coefficient (Wildman–Crippen LogP) is 2.92. The second kappa shape index (κ2) is 7.00. The number of phenols is 2. The number of hydrogen-bond acceptors (Lipinski definition) is 3. The number of aromatic hydroxyl groups is 2. The van der Waals surface area contributed by atoms with Crippen molar-refractivity contribution in [1.29, 1.82) is 0 Å². The first-order chi connectivity index (χ1) is 8.22. The zero-order valence-electron chi connectivity index (χ0n) is 10.8. The molecule has 0 aromatic heterocycles. The van der Waals surface area contributed by atoms with Crippen LogP contribution in [0.2, 0.25) is 0 Å². The highest BCUT2D eigenvalue weighted by Crippen LogP contribution is 2.35. The van der Waals surface area contributed by atoms with Crippen molar-refractivity contribution in [3.63, 3.8) is 0 Å². The van der Waals surface area contributed by atoms with Crippen molar-refractivity contribution in [2.45, 2.75) is 45.1 Å². The van der Waals surface area contributed by atoms with Gasteiger partial charge in [-0.25, -0.2) is 0 Å². The van der Waals surface area contributed by atoms with E-state index in [1.807, 2.05) is 6.07 Å². The lowest BCUT2D eigenvalue weighted by Gasteiger charge is -2.26. The van der Waals surface area contributed by atoms with Crippen molar-refractivity contribution in [3.05, 3.63) is 23.3 Å². The van der Waals surface area contributed by atoms with Gasteiger partial charge in [0, 0.05) is 11.6 Å². The summed E-state index contributed by atoms with van der Waals surface area (Å²) < 4.78 is 0. The molecule has 0 saturated carbocycles. The molecule has 0 saturated heterocycles. The van der Waals surface area contributed by atoms with Crippen LogP contribution in [0.15, 0.2) is 12.1 Å². The van der Waals surface area contributed by atoms with Crippen LogP contribution in [0.25, 0.3) is 0 Å². The standard InChI is InChI=1S/C14H21NO2.BrH/c1-2-3-8-15-11-5-6-12-10(9-11)4-7-13(16)14(12)17;/h4,7,11,15-17H,2-3,5-6,8-9H2,1H3;1H. The van der Waals surface area contributed by atoms with Crippen molar-refractivity contribution < 1.29 is 10.2 Å². The fourth-order valence-corrected chi connectivity index (χ4v) is 2.48. The van der Waals surface area contributed by atoms with Crippen LogP contribution in [-0.2, 0) is 12.8 Å². The maximum atomic E-state index is 9.77. The Kier molecular flexibility index (Phi) is 5.96. The monoisotopic (exact) mass is 315 g/mol. The third-order valence-corrected chi connectivity index (χ3v) is 3.53. The van der Waals surface area contributed by atoms with Crippen LogP contribution < -0.4 is 5.32 Å². The van der Waals surface area contributed by atoms with Crippen molar-refractivity contribution in [2.75, 3.05) is 6.54 Å². The van der Waals surface area contributed by atoms with Gasteiger partial charge in [-0.15, -0.1) is 17.0 Å². The summed E-state index contributed by atoms with van der Waals surface area (Å²) in [5, 5.41) is 22.8. The lowest BCUT2D eigenvalue weighted by Crippen LogP contribution is -2.35. The van der Waals surface area contributed by atoms with Crippen LogP contribution in [0.3, 0.4) is 0 Å². The summed E-state index contributed by atoms with van der Waals surface area (Å²) in [7, 11) is 0. The normalized spacial score (nSPS) is 17.9. The molecule has 1 aromatic rings. The van der Waals surface area contributed by atoms with Gasteiger partial charge in [0.15, 0.2) is 11.5 Å². The second-order valence-corrected chi connectivity index (χ2v) is 4.82. The van der Waals surface area contributed by atoms with Gasteiger partial charge in [-0.2, -0.15) is 0 Å². The Bertz CT molecular complexity index is 396. The maximum absolute atomic E-state index is 9.77. The third kappa shape index (κ3) is 3.39. The van der Waals surface area contributed by atoms with Crippen LogP contribution in [0.1, 0.15) is 37.3 Å². The highest BCUT2D eigenvalue weighted by atomic mass is 79.9. The first-order valence-electron chi connectivity index (χ1n) is 6.48. The number of benzene rings is 1. The topological polar surface area (TPSA) is 52.5 Å². The fourth-order valence-electron chi connectivity index (χ4n) is 2.48. The van der Waals surface area contributed by atoms with E-state index in [4.69, 9.17) is 0 Å². The molecule has 102 valence electrons. The molecule has 0 spiro atoms. The molecule has 0 amide bonds. The van der Waals surface area contributed by atoms with E-state index in [2.05, 4.69) is 12.2 Å². The number of unbranched alkanes of at least 4 members (excludes halogenated alkanes) is 1. The molecule has 1 unspecified atom stereocenters. The predicted molar refractivity (Wildman–Crippen MR) is 78.8 cm³/mol. The summed E-state index contributed by atoms with van der Waals surface area (Å²) in [6.45, 7) is 3.26. The summed E-state index contributed by atoms with van der Waals surface area (Å²) in [4.78, 5) is 0. The Morgan fingerprint density at radius 1 is 1.33 bits per heavy atom. The van der Waals surface area contributed by atoms with Crippen LogP contribution in [0.4, 0.5) is 0 Å². The highest BCUT2D eigenvalue weighted by molar-refractivity contribution is 8.93. The minimum absolute atomic E-state index is 0. The minimum Gasteiger partial charge on any atom is -0.504 e. The van der Waals surface area contributed by atoms with E-state index in [1.54, 1.807) is 6.07 Å². The van der Waals surface area contributed by atoms with E-state index in [9.17, 15) is 10.2 Å². The van der Waals surface area contributed by atoms with Crippen LogP contribution >= 0.6 is 17.0 Å². The Balaban J connectivity index is 0.00000162. The summed E-state index contributed by atoms with van der Waals surface area (Å²) >= 11 is 0. The Hall–Kier alpha value is -0.740.